The van der Waals surface area contributed by atoms with Crippen LogP contribution in [0, 0.1) is 6.92 Å². The SMILES string of the molecule is Cc1cccc(NC(=O)c2cncc(C(=O)N3CCCc4ccccc43)c2)c1. The lowest BCUT2D eigenvalue weighted by Crippen LogP contribution is -2.35. The summed E-state index contributed by atoms with van der Waals surface area (Å²) in [6, 6.07) is 17.1. The number of nitrogens with one attached hydrogen (secondary N) is 1. The molecule has 0 saturated heterocycles. The van der Waals surface area contributed by atoms with E-state index in [4.69, 9.17) is 0 Å². The third-order valence-electron chi connectivity index (χ3n) is 4.88. The number of fused-ring (bicyclic) bond motifs is 1. The van der Waals surface area contributed by atoms with Crippen molar-refractivity contribution >= 4 is 23.2 Å². The van der Waals surface area contributed by atoms with Gasteiger partial charge in [0, 0.05) is 30.3 Å². The number of amides is 2. The lowest BCUT2D eigenvalue weighted by atomic mass is 10.0. The number of pyridine rings is 1. The number of aromatic nitrogens is 1. The molecule has 0 aliphatic carbocycles. The van der Waals surface area contributed by atoms with Gasteiger partial charge in [-0.05, 0) is 55.2 Å². The highest BCUT2D eigenvalue weighted by Gasteiger charge is 2.24. The molecule has 4 rings (SSSR count). The molecule has 0 spiro atoms. The molecule has 28 heavy (non-hydrogen) atoms. The molecule has 2 aromatic carbocycles. The number of rotatable bonds is 3. The smallest absolute Gasteiger partial charge is 0.259 e. The van der Waals surface area contributed by atoms with Crippen molar-refractivity contribution in [2.45, 2.75) is 19.8 Å². The summed E-state index contributed by atoms with van der Waals surface area (Å²) in [5.74, 6) is -0.420. The van der Waals surface area contributed by atoms with Crippen LogP contribution >= 0.6 is 0 Å². The molecule has 0 saturated carbocycles. The summed E-state index contributed by atoms with van der Waals surface area (Å²) in [5, 5.41) is 2.86. The van der Waals surface area contributed by atoms with Crippen LogP contribution < -0.4 is 10.2 Å². The van der Waals surface area contributed by atoms with Crippen molar-refractivity contribution < 1.29 is 9.59 Å². The number of hydrogen-bond donors (Lipinski definition) is 1. The van der Waals surface area contributed by atoms with Gasteiger partial charge in [-0.1, -0.05) is 30.3 Å². The van der Waals surface area contributed by atoms with Gasteiger partial charge in [0.25, 0.3) is 11.8 Å². The Hall–Kier alpha value is -3.47. The predicted octanol–water partition coefficient (Wildman–Crippen LogP) is 4.24. The number of carbonyl (C=O) groups excluding carboxylic acids is 2. The Balaban J connectivity index is 1.57. The van der Waals surface area contributed by atoms with Crippen molar-refractivity contribution in [2.24, 2.45) is 0 Å². The monoisotopic (exact) mass is 371 g/mol. The zero-order valence-electron chi connectivity index (χ0n) is 15.7. The summed E-state index contributed by atoms with van der Waals surface area (Å²) in [5.41, 5.74) is 4.65. The second-order valence-electron chi connectivity index (χ2n) is 6.97. The molecule has 0 atom stereocenters. The van der Waals surface area contributed by atoms with E-state index in [0.717, 1.165) is 24.1 Å². The van der Waals surface area contributed by atoms with Gasteiger partial charge in [-0.15, -0.1) is 0 Å². The third kappa shape index (κ3) is 3.64. The molecule has 0 radical (unpaired) electrons. The van der Waals surface area contributed by atoms with Crippen LogP contribution in [-0.2, 0) is 6.42 Å². The maximum atomic E-state index is 13.1. The van der Waals surface area contributed by atoms with Crippen molar-refractivity contribution in [3.8, 4) is 0 Å². The average Bonchev–Trinajstić information content (AvgIpc) is 2.73. The van der Waals surface area contributed by atoms with Crippen LogP contribution in [0.3, 0.4) is 0 Å². The van der Waals surface area contributed by atoms with Crippen LogP contribution in [0.2, 0.25) is 0 Å². The highest BCUT2D eigenvalue weighted by atomic mass is 16.2. The maximum absolute atomic E-state index is 13.1. The molecule has 0 unspecified atom stereocenters. The van der Waals surface area contributed by atoms with Crippen molar-refractivity contribution in [3.05, 3.63) is 89.2 Å². The summed E-state index contributed by atoms with van der Waals surface area (Å²) >= 11 is 0. The molecule has 2 amide bonds. The highest BCUT2D eigenvalue weighted by Crippen LogP contribution is 2.28. The lowest BCUT2D eigenvalue weighted by Gasteiger charge is -2.29. The first-order chi connectivity index (χ1) is 13.6. The topological polar surface area (TPSA) is 62.3 Å². The van der Waals surface area contributed by atoms with Crippen molar-refractivity contribution in [1.82, 2.24) is 4.98 Å². The Morgan fingerprint density at radius 2 is 1.82 bits per heavy atom. The quantitative estimate of drug-likeness (QED) is 0.749. The van der Waals surface area contributed by atoms with Crippen LogP contribution in [0.5, 0.6) is 0 Å². The van der Waals surface area contributed by atoms with Gasteiger partial charge in [-0.25, -0.2) is 0 Å². The minimum atomic E-state index is -0.285. The summed E-state index contributed by atoms with van der Waals surface area (Å²) < 4.78 is 0. The van der Waals surface area contributed by atoms with E-state index in [1.807, 2.05) is 49.4 Å². The molecule has 1 N–H and O–H groups in total. The average molecular weight is 371 g/mol. The van der Waals surface area contributed by atoms with E-state index in [1.54, 1.807) is 11.0 Å². The predicted molar refractivity (Wildman–Crippen MR) is 110 cm³/mol. The van der Waals surface area contributed by atoms with Crippen LogP contribution in [-0.4, -0.2) is 23.3 Å². The van der Waals surface area contributed by atoms with E-state index in [2.05, 4.69) is 16.4 Å². The van der Waals surface area contributed by atoms with E-state index in [-0.39, 0.29) is 11.8 Å². The number of hydrogen-bond acceptors (Lipinski definition) is 3. The van der Waals surface area contributed by atoms with Crippen molar-refractivity contribution in [2.75, 3.05) is 16.8 Å². The Bertz CT molecular complexity index is 1050. The standard InChI is InChI=1S/C23H21N3O2/c1-16-6-4-9-20(12-16)25-22(27)18-13-19(15-24-14-18)23(28)26-11-5-8-17-7-2-3-10-21(17)26/h2-4,6-7,9-10,12-15H,5,8,11H2,1H3,(H,25,27). The van der Waals surface area contributed by atoms with Crippen LogP contribution in [0.1, 0.15) is 38.3 Å². The zero-order chi connectivity index (χ0) is 19.5. The third-order valence-corrected chi connectivity index (χ3v) is 4.88. The van der Waals surface area contributed by atoms with Gasteiger partial charge in [0.1, 0.15) is 0 Å². The summed E-state index contributed by atoms with van der Waals surface area (Å²) in [7, 11) is 0. The van der Waals surface area contributed by atoms with Crippen molar-refractivity contribution in [3.63, 3.8) is 0 Å². The van der Waals surface area contributed by atoms with E-state index in [1.165, 1.54) is 18.0 Å². The van der Waals surface area contributed by atoms with E-state index in [0.29, 0.717) is 23.4 Å². The molecule has 3 aromatic rings. The minimum absolute atomic E-state index is 0.134. The lowest BCUT2D eigenvalue weighted by molar-refractivity contribution is 0.0984. The van der Waals surface area contributed by atoms with Crippen LogP contribution in [0.25, 0.3) is 0 Å². The second-order valence-corrected chi connectivity index (χ2v) is 6.97. The zero-order valence-corrected chi connectivity index (χ0v) is 15.7. The highest BCUT2D eigenvalue weighted by molar-refractivity contribution is 6.09. The molecular formula is C23H21N3O2. The summed E-state index contributed by atoms with van der Waals surface area (Å²) in [6.07, 6.45) is 4.88. The molecule has 1 aliphatic rings. The molecule has 0 bridgehead atoms. The fraction of sp³-hybridized carbons (Fsp3) is 0.174. The number of carbonyl (C=O) groups is 2. The van der Waals surface area contributed by atoms with Gasteiger partial charge < -0.3 is 10.2 Å². The Morgan fingerprint density at radius 3 is 2.68 bits per heavy atom. The van der Waals surface area contributed by atoms with Crippen LogP contribution in [0.15, 0.2) is 67.0 Å². The number of benzene rings is 2. The Kier molecular flexibility index (Phi) is 4.89. The first-order valence-corrected chi connectivity index (χ1v) is 9.35. The molecule has 0 fully saturated rings. The molecule has 5 heteroatoms. The fourth-order valence-corrected chi connectivity index (χ4v) is 3.51. The van der Waals surface area contributed by atoms with Crippen molar-refractivity contribution in [1.29, 1.82) is 0 Å². The van der Waals surface area contributed by atoms with E-state index in [9.17, 15) is 9.59 Å². The number of para-hydroxylation sites is 1. The van der Waals surface area contributed by atoms with E-state index < -0.39 is 0 Å². The number of aryl methyl sites for hydroxylation is 2. The minimum Gasteiger partial charge on any atom is -0.322 e. The van der Waals surface area contributed by atoms with Gasteiger partial charge >= 0.3 is 0 Å². The summed E-state index contributed by atoms with van der Waals surface area (Å²) in [4.78, 5) is 31.6. The molecule has 5 nitrogen and oxygen atoms in total. The number of anilines is 2. The molecule has 1 aromatic heterocycles. The van der Waals surface area contributed by atoms with Gasteiger partial charge in [0.05, 0.1) is 11.1 Å². The normalized spacial score (nSPS) is 13.0. The Labute approximate surface area is 164 Å². The number of nitrogens with zero attached hydrogens (tertiary/aromatic N) is 2. The second kappa shape index (κ2) is 7.64. The molecule has 1 aliphatic heterocycles. The molecule has 2 heterocycles. The van der Waals surface area contributed by atoms with Gasteiger partial charge in [-0.3, -0.25) is 14.6 Å². The largest absolute Gasteiger partial charge is 0.322 e. The van der Waals surface area contributed by atoms with Gasteiger partial charge in [-0.2, -0.15) is 0 Å². The van der Waals surface area contributed by atoms with E-state index >= 15 is 0 Å². The first kappa shape index (κ1) is 17.9. The Morgan fingerprint density at radius 1 is 1.00 bits per heavy atom. The molecular weight excluding hydrogens is 350 g/mol. The summed E-state index contributed by atoms with van der Waals surface area (Å²) in [6.45, 7) is 2.63. The van der Waals surface area contributed by atoms with Gasteiger partial charge in [0.15, 0.2) is 0 Å². The first-order valence-electron chi connectivity index (χ1n) is 9.35. The fourth-order valence-electron chi connectivity index (χ4n) is 3.51. The maximum Gasteiger partial charge on any atom is 0.259 e. The molecule has 140 valence electrons. The van der Waals surface area contributed by atoms with Crippen LogP contribution in [0.4, 0.5) is 11.4 Å². The van der Waals surface area contributed by atoms with Gasteiger partial charge in [0.2, 0.25) is 0 Å².